The number of hydrogen-bond donors (Lipinski definition) is 0. The van der Waals surface area contributed by atoms with E-state index in [0.717, 1.165) is 30.6 Å². The van der Waals surface area contributed by atoms with Crippen molar-refractivity contribution in [2.45, 2.75) is 38.9 Å². The Morgan fingerprint density at radius 3 is 2.86 bits per heavy atom. The van der Waals surface area contributed by atoms with Crippen molar-refractivity contribution < 1.29 is 19.0 Å². The van der Waals surface area contributed by atoms with Crippen LogP contribution in [0.25, 0.3) is 6.08 Å². The zero-order valence-corrected chi connectivity index (χ0v) is 13.3. The first kappa shape index (κ1) is 16.7. The van der Waals surface area contributed by atoms with Crippen molar-refractivity contribution in [3.05, 3.63) is 41.5 Å². The van der Waals surface area contributed by atoms with Crippen molar-refractivity contribution in [3.8, 4) is 0 Å². The quantitative estimate of drug-likeness (QED) is 0.398. The molecule has 0 aliphatic carbocycles. The average Bonchev–Trinajstić information content (AvgIpc) is 3.34. The Kier molecular flexibility index (Phi) is 6.62. The van der Waals surface area contributed by atoms with E-state index < -0.39 is 0 Å². The summed E-state index contributed by atoms with van der Waals surface area (Å²) >= 11 is 0. The van der Waals surface area contributed by atoms with Crippen LogP contribution in [0.5, 0.6) is 0 Å². The number of rotatable bonds is 9. The molecule has 4 nitrogen and oxygen atoms in total. The molecule has 0 saturated carbocycles. The van der Waals surface area contributed by atoms with Crippen LogP contribution in [-0.4, -0.2) is 31.9 Å². The van der Waals surface area contributed by atoms with Crippen LogP contribution in [0.15, 0.2) is 30.3 Å². The SMILES string of the molecule is CCC[C@@H](OC[C@H]1CO1)c1ccccc1C=CC(=O)OCC. The highest BCUT2D eigenvalue weighted by atomic mass is 16.6. The van der Waals surface area contributed by atoms with Gasteiger partial charge in [-0.3, -0.25) is 0 Å². The van der Waals surface area contributed by atoms with E-state index in [1.807, 2.05) is 18.2 Å². The molecule has 0 spiro atoms. The number of carbonyl (C=O) groups excluding carboxylic acids is 1. The Morgan fingerprint density at radius 2 is 2.18 bits per heavy atom. The minimum absolute atomic E-state index is 0.0252. The Labute approximate surface area is 132 Å². The molecule has 1 fully saturated rings. The van der Waals surface area contributed by atoms with Crippen LogP contribution in [0.3, 0.4) is 0 Å². The predicted octanol–water partition coefficient (Wildman–Crippen LogP) is 3.52. The molecule has 4 heteroatoms. The largest absolute Gasteiger partial charge is 0.463 e. The van der Waals surface area contributed by atoms with Gasteiger partial charge >= 0.3 is 5.97 Å². The zero-order chi connectivity index (χ0) is 15.8. The van der Waals surface area contributed by atoms with E-state index in [4.69, 9.17) is 14.2 Å². The van der Waals surface area contributed by atoms with E-state index >= 15 is 0 Å². The van der Waals surface area contributed by atoms with Crippen LogP contribution in [0, 0.1) is 0 Å². The summed E-state index contributed by atoms with van der Waals surface area (Å²) in [5.74, 6) is -0.323. The minimum Gasteiger partial charge on any atom is -0.463 e. The minimum atomic E-state index is -0.323. The van der Waals surface area contributed by atoms with Crippen molar-refractivity contribution in [3.63, 3.8) is 0 Å². The summed E-state index contributed by atoms with van der Waals surface area (Å²) in [6.07, 6.45) is 5.52. The zero-order valence-electron chi connectivity index (χ0n) is 13.3. The molecule has 22 heavy (non-hydrogen) atoms. The molecule has 1 saturated heterocycles. The Morgan fingerprint density at radius 1 is 1.41 bits per heavy atom. The molecule has 0 N–H and O–H groups in total. The molecule has 0 aromatic heterocycles. The summed E-state index contributed by atoms with van der Waals surface area (Å²) < 4.78 is 16.1. The van der Waals surface area contributed by atoms with E-state index in [0.29, 0.717) is 13.2 Å². The fraction of sp³-hybridized carbons (Fsp3) is 0.500. The molecule has 1 aliphatic heterocycles. The van der Waals surface area contributed by atoms with E-state index in [1.165, 1.54) is 6.08 Å². The topological polar surface area (TPSA) is 48.1 Å². The maximum atomic E-state index is 11.5. The third-order valence-corrected chi connectivity index (χ3v) is 3.46. The van der Waals surface area contributed by atoms with Crippen molar-refractivity contribution >= 4 is 12.0 Å². The van der Waals surface area contributed by atoms with Crippen molar-refractivity contribution in [1.82, 2.24) is 0 Å². The molecule has 1 heterocycles. The second-order valence-corrected chi connectivity index (χ2v) is 5.28. The lowest BCUT2D eigenvalue weighted by Gasteiger charge is -2.19. The summed E-state index contributed by atoms with van der Waals surface area (Å²) in [7, 11) is 0. The number of carbonyl (C=O) groups is 1. The summed E-state index contributed by atoms with van der Waals surface area (Å²) in [6, 6.07) is 8.00. The molecular weight excluding hydrogens is 280 g/mol. The lowest BCUT2D eigenvalue weighted by molar-refractivity contribution is -0.137. The summed E-state index contributed by atoms with van der Waals surface area (Å²) in [5.41, 5.74) is 2.09. The first-order valence-electron chi connectivity index (χ1n) is 7.91. The van der Waals surface area contributed by atoms with Crippen LogP contribution >= 0.6 is 0 Å². The van der Waals surface area contributed by atoms with Gasteiger partial charge in [-0.2, -0.15) is 0 Å². The molecule has 0 amide bonds. The van der Waals surface area contributed by atoms with Gasteiger partial charge in [0.2, 0.25) is 0 Å². The molecule has 0 radical (unpaired) electrons. The van der Waals surface area contributed by atoms with Crippen LogP contribution in [0.4, 0.5) is 0 Å². The van der Waals surface area contributed by atoms with E-state index in [9.17, 15) is 4.79 Å². The molecule has 0 bridgehead atoms. The second-order valence-electron chi connectivity index (χ2n) is 5.28. The summed E-state index contributed by atoms with van der Waals surface area (Å²) in [4.78, 5) is 11.5. The fourth-order valence-corrected chi connectivity index (χ4v) is 2.28. The normalized spacial score (nSPS) is 18.4. The number of epoxide rings is 1. The van der Waals surface area contributed by atoms with Gasteiger partial charge in [0, 0.05) is 6.08 Å². The summed E-state index contributed by atoms with van der Waals surface area (Å²) in [6.45, 7) is 5.74. The second kappa shape index (κ2) is 8.71. The van der Waals surface area contributed by atoms with Crippen LogP contribution < -0.4 is 0 Å². The van der Waals surface area contributed by atoms with Gasteiger partial charge in [0.1, 0.15) is 6.10 Å². The maximum Gasteiger partial charge on any atom is 0.330 e. The average molecular weight is 304 g/mol. The molecule has 1 aromatic rings. The Balaban J connectivity index is 2.10. The number of esters is 1. The van der Waals surface area contributed by atoms with Gasteiger partial charge in [-0.1, -0.05) is 37.6 Å². The number of ether oxygens (including phenoxy) is 3. The summed E-state index contributed by atoms with van der Waals surface area (Å²) in [5, 5.41) is 0. The number of benzene rings is 1. The van der Waals surface area contributed by atoms with E-state index in [1.54, 1.807) is 13.0 Å². The standard InChI is InChI=1S/C18H24O4/c1-3-7-17(22-13-15-12-21-15)16-9-6-5-8-14(16)10-11-18(19)20-4-2/h5-6,8-11,15,17H,3-4,7,12-13H2,1-2H3/t15-,17-/m1/s1. The molecule has 120 valence electrons. The first-order chi connectivity index (χ1) is 10.7. The van der Waals surface area contributed by atoms with Crippen molar-refractivity contribution in [1.29, 1.82) is 0 Å². The van der Waals surface area contributed by atoms with Gasteiger partial charge in [-0.05, 0) is 30.5 Å². The van der Waals surface area contributed by atoms with Crippen LogP contribution in [0.1, 0.15) is 43.9 Å². The Bertz CT molecular complexity index is 506. The lowest BCUT2D eigenvalue weighted by Crippen LogP contribution is -2.10. The molecule has 1 aromatic carbocycles. The fourth-order valence-electron chi connectivity index (χ4n) is 2.28. The molecular formula is C18H24O4. The monoisotopic (exact) mass is 304 g/mol. The van der Waals surface area contributed by atoms with Crippen LogP contribution in [0.2, 0.25) is 0 Å². The maximum absolute atomic E-state index is 11.5. The van der Waals surface area contributed by atoms with E-state index in [-0.39, 0.29) is 18.2 Å². The van der Waals surface area contributed by atoms with Gasteiger partial charge in [0.15, 0.2) is 0 Å². The molecule has 0 unspecified atom stereocenters. The van der Waals surface area contributed by atoms with Crippen LogP contribution in [-0.2, 0) is 19.0 Å². The molecule has 1 aliphatic rings. The van der Waals surface area contributed by atoms with Gasteiger partial charge in [-0.15, -0.1) is 0 Å². The Hall–Kier alpha value is -1.65. The highest BCUT2D eigenvalue weighted by Crippen LogP contribution is 2.28. The highest BCUT2D eigenvalue weighted by molar-refractivity contribution is 5.87. The lowest BCUT2D eigenvalue weighted by atomic mass is 9.98. The van der Waals surface area contributed by atoms with Gasteiger partial charge in [-0.25, -0.2) is 4.79 Å². The number of hydrogen-bond acceptors (Lipinski definition) is 4. The van der Waals surface area contributed by atoms with Gasteiger partial charge < -0.3 is 14.2 Å². The third-order valence-electron chi connectivity index (χ3n) is 3.46. The highest BCUT2D eigenvalue weighted by Gasteiger charge is 2.25. The van der Waals surface area contributed by atoms with Crippen molar-refractivity contribution in [2.24, 2.45) is 0 Å². The smallest absolute Gasteiger partial charge is 0.330 e. The van der Waals surface area contributed by atoms with Gasteiger partial charge in [0.25, 0.3) is 0 Å². The predicted molar refractivity (Wildman–Crippen MR) is 85.5 cm³/mol. The first-order valence-corrected chi connectivity index (χ1v) is 7.91. The van der Waals surface area contributed by atoms with E-state index in [2.05, 4.69) is 13.0 Å². The third kappa shape index (κ3) is 5.28. The molecule has 2 rings (SSSR count). The van der Waals surface area contributed by atoms with Gasteiger partial charge in [0.05, 0.1) is 25.9 Å². The molecule has 2 atom stereocenters. The van der Waals surface area contributed by atoms with Crippen molar-refractivity contribution in [2.75, 3.05) is 19.8 Å².